The van der Waals surface area contributed by atoms with Gasteiger partial charge in [0.15, 0.2) is 0 Å². The second kappa shape index (κ2) is 5.65. The fourth-order valence-corrected chi connectivity index (χ4v) is 3.24. The maximum absolute atomic E-state index is 6.05. The molecule has 2 aliphatic rings. The molecule has 2 fully saturated rings. The van der Waals surface area contributed by atoms with Crippen LogP contribution in [0.3, 0.4) is 0 Å². The molecule has 2 heterocycles. The first-order valence-electron chi connectivity index (χ1n) is 6.91. The van der Waals surface area contributed by atoms with Gasteiger partial charge in [-0.1, -0.05) is 6.92 Å². The number of hydrogen-bond donors (Lipinski definition) is 1. The Morgan fingerprint density at radius 3 is 2.65 bits per heavy atom. The highest BCUT2D eigenvalue weighted by Gasteiger charge is 2.45. The van der Waals surface area contributed by atoms with Crippen LogP contribution in [0.15, 0.2) is 0 Å². The summed E-state index contributed by atoms with van der Waals surface area (Å²) < 4.78 is 11.5. The van der Waals surface area contributed by atoms with Crippen LogP contribution in [-0.4, -0.2) is 55.5 Å². The lowest BCUT2D eigenvalue weighted by Gasteiger charge is -2.43. The van der Waals surface area contributed by atoms with Crippen molar-refractivity contribution in [1.29, 1.82) is 0 Å². The fourth-order valence-electron chi connectivity index (χ4n) is 3.24. The van der Waals surface area contributed by atoms with Gasteiger partial charge >= 0.3 is 0 Å². The summed E-state index contributed by atoms with van der Waals surface area (Å²) in [5.41, 5.74) is 6.08. The van der Waals surface area contributed by atoms with Gasteiger partial charge in [0.25, 0.3) is 0 Å². The Hall–Kier alpha value is -0.160. The molecule has 17 heavy (non-hydrogen) atoms. The number of nitrogens with two attached hydrogens (primary N) is 1. The third-order valence-corrected chi connectivity index (χ3v) is 4.47. The van der Waals surface area contributed by atoms with Crippen molar-refractivity contribution in [2.24, 2.45) is 5.73 Å². The van der Waals surface area contributed by atoms with E-state index in [0.29, 0.717) is 12.6 Å². The van der Waals surface area contributed by atoms with Gasteiger partial charge < -0.3 is 15.2 Å². The molecule has 0 aromatic carbocycles. The zero-order valence-electron chi connectivity index (χ0n) is 11.2. The van der Waals surface area contributed by atoms with E-state index in [9.17, 15) is 0 Å². The Morgan fingerprint density at radius 1 is 1.35 bits per heavy atom. The van der Waals surface area contributed by atoms with Crippen molar-refractivity contribution in [1.82, 2.24) is 4.90 Å². The zero-order valence-corrected chi connectivity index (χ0v) is 11.2. The van der Waals surface area contributed by atoms with E-state index in [1.165, 1.54) is 12.8 Å². The molecule has 0 aromatic rings. The lowest BCUT2D eigenvalue weighted by molar-refractivity contribution is -0.0131. The minimum absolute atomic E-state index is 0.0285. The molecule has 0 bridgehead atoms. The van der Waals surface area contributed by atoms with E-state index >= 15 is 0 Å². The molecule has 3 unspecified atom stereocenters. The largest absolute Gasteiger partial charge is 0.377 e. The molecular weight excluding hydrogens is 216 g/mol. The Kier molecular flexibility index (Phi) is 4.42. The van der Waals surface area contributed by atoms with Crippen LogP contribution in [0, 0.1) is 0 Å². The number of hydrogen-bond acceptors (Lipinski definition) is 4. The average molecular weight is 242 g/mol. The summed E-state index contributed by atoms with van der Waals surface area (Å²) in [5, 5.41) is 0. The van der Waals surface area contributed by atoms with Crippen LogP contribution in [0.4, 0.5) is 0 Å². The number of nitrogens with zero attached hydrogens (tertiary/aromatic N) is 1. The lowest BCUT2D eigenvalue weighted by Crippen LogP contribution is -2.59. The monoisotopic (exact) mass is 242 g/mol. The molecule has 4 nitrogen and oxygen atoms in total. The van der Waals surface area contributed by atoms with Gasteiger partial charge in [-0.15, -0.1) is 0 Å². The van der Waals surface area contributed by atoms with Crippen molar-refractivity contribution < 1.29 is 9.47 Å². The molecule has 0 radical (unpaired) electrons. The quantitative estimate of drug-likeness (QED) is 0.781. The molecule has 0 spiro atoms. The highest BCUT2D eigenvalue weighted by atomic mass is 16.5. The van der Waals surface area contributed by atoms with E-state index in [1.807, 2.05) is 0 Å². The first-order valence-corrected chi connectivity index (χ1v) is 6.91. The van der Waals surface area contributed by atoms with Gasteiger partial charge in [-0.25, -0.2) is 0 Å². The van der Waals surface area contributed by atoms with E-state index < -0.39 is 0 Å². The maximum atomic E-state index is 6.05. The van der Waals surface area contributed by atoms with Gasteiger partial charge in [-0.3, -0.25) is 4.90 Å². The fraction of sp³-hybridized carbons (Fsp3) is 1.00. The second-order valence-corrected chi connectivity index (χ2v) is 5.24. The second-order valence-electron chi connectivity index (χ2n) is 5.24. The highest BCUT2D eigenvalue weighted by Crippen LogP contribution is 2.32. The minimum atomic E-state index is 0.0285. The van der Waals surface area contributed by atoms with E-state index in [4.69, 9.17) is 15.2 Å². The van der Waals surface area contributed by atoms with Gasteiger partial charge in [-0.2, -0.15) is 0 Å². The molecule has 2 rings (SSSR count). The first-order chi connectivity index (χ1) is 8.23. The van der Waals surface area contributed by atoms with Gasteiger partial charge in [0.1, 0.15) is 0 Å². The molecule has 4 heteroatoms. The molecule has 2 aliphatic heterocycles. The van der Waals surface area contributed by atoms with E-state index in [-0.39, 0.29) is 11.6 Å². The summed E-state index contributed by atoms with van der Waals surface area (Å²) in [5.74, 6) is 0. The maximum Gasteiger partial charge on any atom is 0.0743 e. The summed E-state index contributed by atoms with van der Waals surface area (Å²) in [7, 11) is 0. The van der Waals surface area contributed by atoms with E-state index in [0.717, 1.165) is 32.7 Å². The first kappa shape index (κ1) is 13.3. The average Bonchev–Trinajstić information content (AvgIpc) is 2.96. The van der Waals surface area contributed by atoms with E-state index in [2.05, 4.69) is 18.7 Å². The molecule has 0 aliphatic carbocycles. The van der Waals surface area contributed by atoms with Crippen molar-refractivity contribution in [3.63, 3.8) is 0 Å². The van der Waals surface area contributed by atoms with Gasteiger partial charge in [-0.05, 0) is 32.7 Å². The Morgan fingerprint density at radius 2 is 2.18 bits per heavy atom. The number of rotatable bonds is 5. The van der Waals surface area contributed by atoms with Crippen LogP contribution < -0.4 is 5.73 Å². The molecule has 2 N–H and O–H groups in total. The van der Waals surface area contributed by atoms with Crippen molar-refractivity contribution in [2.75, 3.05) is 32.8 Å². The van der Waals surface area contributed by atoms with Crippen LogP contribution in [0.5, 0.6) is 0 Å². The summed E-state index contributed by atoms with van der Waals surface area (Å²) in [6, 6.07) is 0. The molecule has 2 saturated heterocycles. The van der Waals surface area contributed by atoms with Crippen LogP contribution >= 0.6 is 0 Å². The zero-order chi connectivity index (χ0) is 12.3. The molecular formula is C13H26N2O2. The number of ether oxygens (including phenoxy) is 2. The smallest absolute Gasteiger partial charge is 0.0743 e. The van der Waals surface area contributed by atoms with Gasteiger partial charge in [0.05, 0.1) is 17.7 Å². The highest BCUT2D eigenvalue weighted by molar-refractivity contribution is 5.01. The number of likely N-dealkylation sites (N-methyl/N-ethyl adjacent to an activating group) is 1. The molecule has 0 amide bonds. The third-order valence-electron chi connectivity index (χ3n) is 4.47. The summed E-state index contributed by atoms with van der Waals surface area (Å²) >= 11 is 0. The molecule has 100 valence electrons. The van der Waals surface area contributed by atoms with Crippen molar-refractivity contribution in [3.05, 3.63) is 0 Å². The Bertz CT molecular complexity index is 244. The normalized spacial score (nSPS) is 38.1. The predicted octanol–water partition coefficient (Wildman–Crippen LogP) is 0.994. The van der Waals surface area contributed by atoms with Crippen molar-refractivity contribution >= 4 is 0 Å². The van der Waals surface area contributed by atoms with Gasteiger partial charge in [0.2, 0.25) is 0 Å². The molecule has 3 atom stereocenters. The lowest BCUT2D eigenvalue weighted by atomic mass is 9.89. The van der Waals surface area contributed by atoms with Crippen molar-refractivity contribution in [3.8, 4) is 0 Å². The van der Waals surface area contributed by atoms with Crippen LogP contribution in [-0.2, 0) is 9.47 Å². The summed E-state index contributed by atoms with van der Waals surface area (Å²) in [4.78, 5) is 2.49. The topological polar surface area (TPSA) is 47.7 Å². The SMILES string of the molecule is CCN(CC1CCCO1)C1(CN)CCOC1C. The summed E-state index contributed by atoms with van der Waals surface area (Å²) in [6.07, 6.45) is 4.06. The molecule has 0 aromatic heterocycles. The predicted molar refractivity (Wildman–Crippen MR) is 68.0 cm³/mol. The van der Waals surface area contributed by atoms with Crippen molar-refractivity contribution in [2.45, 2.75) is 50.9 Å². The minimum Gasteiger partial charge on any atom is -0.377 e. The standard InChI is InChI=1S/C13H26N2O2/c1-3-15(9-12-5-4-7-17-12)13(10-14)6-8-16-11(13)2/h11-12H,3-10,14H2,1-2H3. The van der Waals surface area contributed by atoms with Crippen LogP contribution in [0.25, 0.3) is 0 Å². The molecule has 0 saturated carbocycles. The van der Waals surface area contributed by atoms with Crippen LogP contribution in [0.2, 0.25) is 0 Å². The summed E-state index contributed by atoms with van der Waals surface area (Å²) in [6.45, 7) is 8.81. The van der Waals surface area contributed by atoms with Gasteiger partial charge in [0, 0.05) is 26.3 Å². The third kappa shape index (κ3) is 2.50. The van der Waals surface area contributed by atoms with Crippen LogP contribution in [0.1, 0.15) is 33.1 Å². The Labute approximate surface area is 104 Å². The Balaban J connectivity index is 2.03. The van der Waals surface area contributed by atoms with E-state index in [1.54, 1.807) is 0 Å².